The van der Waals surface area contributed by atoms with Crippen molar-refractivity contribution in [3.63, 3.8) is 0 Å². The normalized spacial score (nSPS) is 20.3. The average Bonchev–Trinajstić information content (AvgIpc) is 2.38. The molecule has 0 fully saturated rings. The van der Waals surface area contributed by atoms with Crippen LogP contribution < -0.4 is 0 Å². The van der Waals surface area contributed by atoms with Crippen LogP contribution in [-0.4, -0.2) is 8.07 Å². The molecule has 1 aliphatic carbocycles. The minimum absolute atomic E-state index is 0.738. The Labute approximate surface area is 77.4 Å². The van der Waals surface area contributed by atoms with E-state index in [1.807, 2.05) is 0 Å². The van der Waals surface area contributed by atoms with Crippen LogP contribution in [0.2, 0.25) is 25.2 Å². The van der Waals surface area contributed by atoms with Crippen molar-refractivity contribution in [2.24, 2.45) is 5.92 Å². The van der Waals surface area contributed by atoms with Crippen LogP contribution in [0.1, 0.15) is 13.3 Å². The molecule has 0 aromatic carbocycles. The SMILES string of the molecule is CCC(C1C=CC=C1)[Si](C)(C)C. The van der Waals surface area contributed by atoms with Crippen LogP contribution in [0.15, 0.2) is 24.3 Å². The summed E-state index contributed by atoms with van der Waals surface area (Å²) in [6, 6.07) is 0. The molecule has 0 aromatic heterocycles. The predicted molar refractivity (Wildman–Crippen MR) is 59.2 cm³/mol. The highest BCUT2D eigenvalue weighted by molar-refractivity contribution is 6.77. The van der Waals surface area contributed by atoms with Gasteiger partial charge in [-0.15, -0.1) is 0 Å². The Balaban J connectivity index is 2.68. The summed E-state index contributed by atoms with van der Waals surface area (Å²) in [6.07, 6.45) is 10.4. The molecule has 68 valence electrons. The molecule has 0 radical (unpaired) electrons. The summed E-state index contributed by atoms with van der Waals surface area (Å²) < 4.78 is 0. The smallest absolute Gasteiger partial charge is 0.0482 e. The van der Waals surface area contributed by atoms with Crippen LogP contribution >= 0.6 is 0 Å². The van der Waals surface area contributed by atoms with Gasteiger partial charge >= 0.3 is 0 Å². The van der Waals surface area contributed by atoms with Gasteiger partial charge in [-0.05, 0) is 11.5 Å². The first kappa shape index (κ1) is 9.78. The van der Waals surface area contributed by atoms with Gasteiger partial charge in [0.2, 0.25) is 0 Å². The zero-order valence-electron chi connectivity index (χ0n) is 8.67. The van der Waals surface area contributed by atoms with Crippen molar-refractivity contribution < 1.29 is 0 Å². The first-order valence-corrected chi connectivity index (χ1v) is 8.48. The molecule has 0 spiro atoms. The predicted octanol–water partition coefficient (Wildman–Crippen LogP) is 3.85. The van der Waals surface area contributed by atoms with E-state index in [-0.39, 0.29) is 0 Å². The summed E-state index contributed by atoms with van der Waals surface area (Å²) in [5.74, 6) is 0.738. The van der Waals surface area contributed by atoms with Gasteiger partial charge in [0.05, 0.1) is 0 Å². The average molecular weight is 180 g/mol. The van der Waals surface area contributed by atoms with Crippen LogP contribution in [0.25, 0.3) is 0 Å². The quantitative estimate of drug-likeness (QED) is 0.579. The summed E-state index contributed by atoms with van der Waals surface area (Å²) in [4.78, 5) is 0. The molecule has 1 rings (SSSR count). The standard InChI is InChI=1S/C11H20Si/c1-5-11(12(2,3)4)10-8-6-7-9-10/h6-11H,5H2,1-4H3. The summed E-state index contributed by atoms with van der Waals surface area (Å²) >= 11 is 0. The monoisotopic (exact) mass is 180 g/mol. The number of rotatable bonds is 3. The van der Waals surface area contributed by atoms with Crippen LogP contribution in [0.5, 0.6) is 0 Å². The van der Waals surface area contributed by atoms with E-state index in [0.717, 1.165) is 11.5 Å². The zero-order valence-corrected chi connectivity index (χ0v) is 9.67. The van der Waals surface area contributed by atoms with Crippen molar-refractivity contribution in [1.82, 2.24) is 0 Å². The van der Waals surface area contributed by atoms with Crippen molar-refractivity contribution in [3.05, 3.63) is 24.3 Å². The zero-order chi connectivity index (χ0) is 9.19. The minimum Gasteiger partial charge on any atom is -0.0776 e. The molecule has 0 heterocycles. The molecular formula is C11H20Si. The Morgan fingerprint density at radius 3 is 2.00 bits per heavy atom. The minimum atomic E-state index is -0.954. The van der Waals surface area contributed by atoms with E-state index in [9.17, 15) is 0 Å². The van der Waals surface area contributed by atoms with Crippen molar-refractivity contribution in [2.75, 3.05) is 0 Å². The lowest BCUT2D eigenvalue weighted by Gasteiger charge is -2.31. The van der Waals surface area contributed by atoms with Gasteiger partial charge in [-0.3, -0.25) is 0 Å². The summed E-state index contributed by atoms with van der Waals surface area (Å²) in [5.41, 5.74) is 0.924. The maximum Gasteiger partial charge on any atom is 0.0482 e. The van der Waals surface area contributed by atoms with Gasteiger partial charge < -0.3 is 0 Å². The van der Waals surface area contributed by atoms with Gasteiger partial charge in [0.15, 0.2) is 0 Å². The molecular weight excluding hydrogens is 160 g/mol. The highest BCUT2D eigenvalue weighted by Crippen LogP contribution is 2.36. The lowest BCUT2D eigenvalue weighted by atomic mass is 10.1. The molecule has 0 amide bonds. The van der Waals surface area contributed by atoms with Gasteiger partial charge in [0, 0.05) is 8.07 Å². The summed E-state index contributed by atoms with van der Waals surface area (Å²) in [6.45, 7) is 9.74. The maximum atomic E-state index is 2.47. The maximum absolute atomic E-state index is 2.47. The second kappa shape index (κ2) is 3.61. The third-order valence-corrected chi connectivity index (χ3v) is 5.81. The van der Waals surface area contributed by atoms with Crippen molar-refractivity contribution in [2.45, 2.75) is 38.5 Å². The van der Waals surface area contributed by atoms with E-state index in [2.05, 4.69) is 50.9 Å². The van der Waals surface area contributed by atoms with Crippen molar-refractivity contribution in [3.8, 4) is 0 Å². The molecule has 0 nitrogen and oxygen atoms in total. The summed E-state index contributed by atoms with van der Waals surface area (Å²) in [5, 5.41) is 0. The third kappa shape index (κ3) is 2.10. The van der Waals surface area contributed by atoms with Crippen LogP contribution in [0.3, 0.4) is 0 Å². The van der Waals surface area contributed by atoms with Gasteiger partial charge in [0.1, 0.15) is 0 Å². The number of allylic oxidation sites excluding steroid dienone is 4. The fraction of sp³-hybridized carbons (Fsp3) is 0.636. The van der Waals surface area contributed by atoms with Crippen molar-refractivity contribution in [1.29, 1.82) is 0 Å². The summed E-state index contributed by atoms with van der Waals surface area (Å²) in [7, 11) is -0.954. The molecule has 0 aliphatic heterocycles. The Bertz CT molecular complexity index is 184. The Morgan fingerprint density at radius 2 is 1.67 bits per heavy atom. The van der Waals surface area contributed by atoms with Crippen LogP contribution in [0.4, 0.5) is 0 Å². The lowest BCUT2D eigenvalue weighted by molar-refractivity contribution is 0.669. The topological polar surface area (TPSA) is 0 Å². The highest BCUT2D eigenvalue weighted by atomic mass is 28.3. The van der Waals surface area contributed by atoms with E-state index < -0.39 is 8.07 Å². The number of hydrogen-bond donors (Lipinski definition) is 0. The van der Waals surface area contributed by atoms with Crippen LogP contribution in [-0.2, 0) is 0 Å². The Kier molecular flexibility index (Phi) is 2.94. The van der Waals surface area contributed by atoms with Gasteiger partial charge in [0.25, 0.3) is 0 Å². The molecule has 1 unspecified atom stereocenters. The Morgan fingerprint density at radius 1 is 1.17 bits per heavy atom. The molecule has 12 heavy (non-hydrogen) atoms. The molecule has 1 aliphatic rings. The number of hydrogen-bond acceptors (Lipinski definition) is 0. The molecule has 0 saturated heterocycles. The Hall–Kier alpha value is -0.303. The van der Waals surface area contributed by atoms with E-state index in [0.29, 0.717) is 0 Å². The molecule has 0 saturated carbocycles. The molecule has 0 bridgehead atoms. The van der Waals surface area contributed by atoms with Gasteiger partial charge in [-0.2, -0.15) is 0 Å². The van der Waals surface area contributed by atoms with Crippen molar-refractivity contribution >= 4 is 8.07 Å². The van der Waals surface area contributed by atoms with E-state index in [4.69, 9.17) is 0 Å². The first-order valence-electron chi connectivity index (χ1n) is 4.90. The van der Waals surface area contributed by atoms with Crippen LogP contribution in [0, 0.1) is 5.92 Å². The molecule has 0 aromatic rings. The van der Waals surface area contributed by atoms with E-state index in [1.165, 1.54) is 6.42 Å². The van der Waals surface area contributed by atoms with Gasteiger partial charge in [-0.1, -0.05) is 57.3 Å². The molecule has 1 heteroatoms. The second-order valence-electron chi connectivity index (χ2n) is 4.73. The first-order chi connectivity index (χ1) is 5.55. The van der Waals surface area contributed by atoms with E-state index >= 15 is 0 Å². The lowest BCUT2D eigenvalue weighted by Crippen LogP contribution is -2.31. The largest absolute Gasteiger partial charge is 0.0776 e. The fourth-order valence-electron chi connectivity index (χ4n) is 2.18. The van der Waals surface area contributed by atoms with Gasteiger partial charge in [-0.25, -0.2) is 0 Å². The van der Waals surface area contributed by atoms with E-state index in [1.54, 1.807) is 0 Å². The third-order valence-electron chi connectivity index (χ3n) is 2.79. The fourth-order valence-corrected chi connectivity index (χ4v) is 4.78. The second-order valence-corrected chi connectivity index (χ2v) is 10.2. The molecule has 0 N–H and O–H groups in total. The highest BCUT2D eigenvalue weighted by Gasteiger charge is 2.30. The molecule has 1 atom stereocenters.